The average Bonchev–Trinajstić information content (AvgIpc) is 2.65. The van der Waals surface area contributed by atoms with Crippen molar-refractivity contribution in [3.8, 4) is 0 Å². The number of hydrogen-bond donors (Lipinski definition) is 3. The number of nitrogens with zero attached hydrogens (tertiary/aromatic N) is 3. The third-order valence-corrected chi connectivity index (χ3v) is 5.04. The van der Waals surface area contributed by atoms with Crippen LogP contribution < -0.4 is 10.2 Å². The molecule has 2 atom stereocenters. The van der Waals surface area contributed by atoms with Crippen molar-refractivity contribution in [2.24, 2.45) is 5.92 Å². The summed E-state index contributed by atoms with van der Waals surface area (Å²) in [5.41, 5.74) is 3.53. The summed E-state index contributed by atoms with van der Waals surface area (Å²) >= 11 is 0. The second-order valence-corrected chi connectivity index (χ2v) is 7.31. The van der Waals surface area contributed by atoms with E-state index in [2.05, 4.69) is 46.2 Å². The fourth-order valence-corrected chi connectivity index (χ4v) is 3.24. The number of fused-ring (bicyclic) bond motifs is 1. The van der Waals surface area contributed by atoms with Crippen molar-refractivity contribution >= 4 is 11.6 Å². The van der Waals surface area contributed by atoms with E-state index in [1.54, 1.807) is 13.3 Å². The number of benzene rings is 1. The third kappa shape index (κ3) is 4.14. The molecule has 0 saturated carbocycles. The van der Waals surface area contributed by atoms with Gasteiger partial charge in [-0.1, -0.05) is 32.0 Å². The van der Waals surface area contributed by atoms with Crippen LogP contribution in [0.2, 0.25) is 0 Å². The van der Waals surface area contributed by atoms with Gasteiger partial charge in [0.15, 0.2) is 0 Å². The Morgan fingerprint density at radius 1 is 1.15 bits per heavy atom. The summed E-state index contributed by atoms with van der Waals surface area (Å²) < 4.78 is 0. The molecular formula is C20H28N4O2. The first-order chi connectivity index (χ1) is 12.5. The van der Waals surface area contributed by atoms with E-state index in [0.717, 1.165) is 36.7 Å². The Kier molecular flexibility index (Phi) is 5.74. The van der Waals surface area contributed by atoms with E-state index in [-0.39, 0.29) is 12.6 Å². The van der Waals surface area contributed by atoms with Gasteiger partial charge in [-0.3, -0.25) is 0 Å². The highest BCUT2D eigenvalue weighted by molar-refractivity contribution is 5.51. The van der Waals surface area contributed by atoms with Crippen LogP contribution in [-0.4, -0.2) is 39.4 Å². The minimum absolute atomic E-state index is 0.0290. The van der Waals surface area contributed by atoms with Gasteiger partial charge in [0.25, 0.3) is 0 Å². The number of anilines is 2. The van der Waals surface area contributed by atoms with Crippen LogP contribution in [0.1, 0.15) is 43.6 Å². The maximum atomic E-state index is 9.76. The maximum Gasteiger partial charge on any atom is 0.134 e. The summed E-state index contributed by atoms with van der Waals surface area (Å²) in [5, 5.41) is 22.6. The topological polar surface area (TPSA) is 81.5 Å². The zero-order valence-electron chi connectivity index (χ0n) is 15.7. The molecule has 0 aliphatic carbocycles. The Morgan fingerprint density at radius 3 is 2.65 bits per heavy atom. The molecular weight excluding hydrogens is 328 g/mol. The molecule has 2 aromatic rings. The second-order valence-electron chi connectivity index (χ2n) is 7.31. The van der Waals surface area contributed by atoms with Crippen LogP contribution in [0.15, 0.2) is 30.6 Å². The molecule has 0 fully saturated rings. The molecule has 1 aromatic heterocycles. The van der Waals surface area contributed by atoms with Crippen LogP contribution in [0.3, 0.4) is 0 Å². The van der Waals surface area contributed by atoms with Gasteiger partial charge in [-0.05, 0) is 36.0 Å². The van der Waals surface area contributed by atoms with Crippen LogP contribution in [-0.2, 0) is 13.0 Å². The van der Waals surface area contributed by atoms with Gasteiger partial charge in [0.1, 0.15) is 18.0 Å². The summed E-state index contributed by atoms with van der Waals surface area (Å²) in [6, 6.07) is 8.12. The number of aromatic nitrogens is 2. The lowest BCUT2D eigenvalue weighted by Gasteiger charge is -2.30. The predicted octanol–water partition coefficient (Wildman–Crippen LogP) is 2.52. The molecule has 3 rings (SSSR count). The van der Waals surface area contributed by atoms with Crippen LogP contribution in [0.4, 0.5) is 11.6 Å². The Bertz CT molecular complexity index is 748. The smallest absolute Gasteiger partial charge is 0.134 e. The fourth-order valence-electron chi connectivity index (χ4n) is 3.24. The quantitative estimate of drug-likeness (QED) is 0.738. The molecule has 1 aliphatic heterocycles. The van der Waals surface area contributed by atoms with Gasteiger partial charge in [-0.2, -0.15) is 0 Å². The highest BCUT2D eigenvalue weighted by atomic mass is 16.3. The molecule has 0 saturated heterocycles. The fraction of sp³-hybridized carbons (Fsp3) is 0.500. The van der Waals surface area contributed by atoms with Gasteiger partial charge >= 0.3 is 0 Å². The number of nitrogens with one attached hydrogen (secondary N) is 1. The van der Waals surface area contributed by atoms with Crippen molar-refractivity contribution in [3.63, 3.8) is 0 Å². The number of aliphatic hydroxyl groups excluding tert-OH is 2. The van der Waals surface area contributed by atoms with Gasteiger partial charge in [0, 0.05) is 19.2 Å². The van der Waals surface area contributed by atoms with Crippen molar-refractivity contribution in [3.05, 3.63) is 47.3 Å². The van der Waals surface area contributed by atoms with Crippen LogP contribution >= 0.6 is 0 Å². The second kappa shape index (κ2) is 8.01. The molecule has 6 nitrogen and oxygen atoms in total. The van der Waals surface area contributed by atoms with E-state index in [9.17, 15) is 10.2 Å². The molecule has 6 heteroatoms. The molecule has 2 heterocycles. The van der Waals surface area contributed by atoms with Gasteiger partial charge in [-0.15, -0.1) is 0 Å². The first-order valence-electron chi connectivity index (χ1n) is 9.22. The zero-order chi connectivity index (χ0) is 18.7. The largest absolute Gasteiger partial charge is 0.394 e. The van der Waals surface area contributed by atoms with E-state index in [4.69, 9.17) is 0 Å². The molecule has 0 spiro atoms. The van der Waals surface area contributed by atoms with Gasteiger partial charge in [0.05, 0.1) is 18.8 Å². The van der Waals surface area contributed by atoms with Crippen molar-refractivity contribution in [2.75, 3.05) is 23.4 Å². The lowest BCUT2D eigenvalue weighted by Crippen LogP contribution is -2.32. The summed E-state index contributed by atoms with van der Waals surface area (Å²) in [4.78, 5) is 11.0. The van der Waals surface area contributed by atoms with Crippen LogP contribution in [0, 0.1) is 5.92 Å². The Balaban J connectivity index is 1.75. The Morgan fingerprint density at radius 2 is 1.96 bits per heavy atom. The summed E-state index contributed by atoms with van der Waals surface area (Å²) in [7, 11) is 0. The molecule has 1 aromatic carbocycles. The van der Waals surface area contributed by atoms with Crippen molar-refractivity contribution in [1.29, 1.82) is 0 Å². The molecule has 140 valence electrons. The standard InChI is InChI=1S/C20H28N4O2/c1-13(2)18(11-25)23-19-9-20(22-12-21-19)24-7-6-16-8-15(14(3)26)4-5-17(16)10-24/h4-5,8-9,12-14,18,25-26H,6-7,10-11H2,1-3H3,(H,21,22,23)/t14-,18+/m1/s1. The minimum Gasteiger partial charge on any atom is -0.394 e. The number of hydrogen-bond acceptors (Lipinski definition) is 6. The van der Waals surface area contributed by atoms with Crippen LogP contribution in [0.25, 0.3) is 0 Å². The van der Waals surface area contributed by atoms with Crippen molar-refractivity contribution < 1.29 is 10.2 Å². The number of aliphatic hydroxyl groups is 2. The molecule has 26 heavy (non-hydrogen) atoms. The monoisotopic (exact) mass is 356 g/mol. The Labute approximate surface area is 154 Å². The summed E-state index contributed by atoms with van der Waals surface area (Å²) in [6.45, 7) is 7.67. The maximum absolute atomic E-state index is 9.76. The molecule has 0 bridgehead atoms. The van der Waals surface area contributed by atoms with E-state index in [0.29, 0.717) is 5.92 Å². The number of rotatable bonds is 6. The highest BCUT2D eigenvalue weighted by Gasteiger charge is 2.20. The summed E-state index contributed by atoms with van der Waals surface area (Å²) in [5.74, 6) is 1.93. The van der Waals surface area contributed by atoms with Gasteiger partial charge in [-0.25, -0.2) is 9.97 Å². The molecule has 0 radical (unpaired) electrons. The minimum atomic E-state index is -0.436. The lowest BCUT2D eigenvalue weighted by molar-refractivity contribution is 0.199. The normalized spacial score (nSPS) is 16.3. The Hall–Kier alpha value is -2.18. The molecule has 3 N–H and O–H groups in total. The SMILES string of the molecule is CC(C)[C@H](CO)Nc1cc(N2CCc3cc([C@@H](C)O)ccc3C2)ncn1. The third-order valence-electron chi connectivity index (χ3n) is 5.04. The first-order valence-corrected chi connectivity index (χ1v) is 9.22. The van der Waals surface area contributed by atoms with Gasteiger partial charge in [0.2, 0.25) is 0 Å². The van der Waals surface area contributed by atoms with E-state index in [1.165, 1.54) is 11.1 Å². The molecule has 0 unspecified atom stereocenters. The van der Waals surface area contributed by atoms with E-state index >= 15 is 0 Å². The molecule has 0 amide bonds. The van der Waals surface area contributed by atoms with E-state index < -0.39 is 6.10 Å². The summed E-state index contributed by atoms with van der Waals surface area (Å²) in [6.07, 6.45) is 2.06. The lowest BCUT2D eigenvalue weighted by atomic mass is 9.96. The van der Waals surface area contributed by atoms with Crippen LogP contribution in [0.5, 0.6) is 0 Å². The highest BCUT2D eigenvalue weighted by Crippen LogP contribution is 2.26. The molecule has 1 aliphatic rings. The average molecular weight is 356 g/mol. The zero-order valence-corrected chi connectivity index (χ0v) is 15.7. The predicted molar refractivity (Wildman–Crippen MR) is 103 cm³/mol. The van der Waals surface area contributed by atoms with E-state index in [1.807, 2.05) is 12.1 Å². The van der Waals surface area contributed by atoms with Crippen molar-refractivity contribution in [1.82, 2.24) is 9.97 Å². The first kappa shape index (κ1) is 18.6. The van der Waals surface area contributed by atoms with Gasteiger partial charge < -0.3 is 20.4 Å². The van der Waals surface area contributed by atoms with Crippen molar-refractivity contribution in [2.45, 2.75) is 45.9 Å².